The van der Waals surface area contributed by atoms with Gasteiger partial charge in [0.15, 0.2) is 0 Å². The third-order valence-electron chi connectivity index (χ3n) is 1.17. The zero-order valence-corrected chi connectivity index (χ0v) is 12.9. The van der Waals surface area contributed by atoms with Crippen LogP contribution in [-0.4, -0.2) is 0 Å². The summed E-state index contributed by atoms with van der Waals surface area (Å²) in [6.45, 7) is 0. The van der Waals surface area contributed by atoms with Crippen molar-refractivity contribution in [3.05, 3.63) is 48.6 Å². The first-order valence-electron chi connectivity index (χ1n) is 3.94. The topological polar surface area (TPSA) is 0 Å². The van der Waals surface area contributed by atoms with Gasteiger partial charge in [-0.3, -0.25) is 12.2 Å². The predicted octanol–water partition coefficient (Wildman–Crippen LogP) is 4.68. The Kier molecular flexibility index (Phi) is 12.1. The molecule has 0 unspecified atom stereocenters. The molecular weight excluding hydrogens is 407 g/mol. The quantitative estimate of drug-likeness (QED) is 0.502. The Labute approximate surface area is 104 Å². The van der Waals surface area contributed by atoms with Gasteiger partial charge in [0.25, 0.3) is 0 Å². The van der Waals surface area contributed by atoms with Gasteiger partial charge in [-0.15, -0.1) is 12.8 Å². The van der Waals surface area contributed by atoms with E-state index < -0.39 is 15.2 Å². The molecule has 0 bridgehead atoms. The zero-order chi connectivity index (χ0) is 10.6. The Balaban J connectivity index is 0.000000183. The molecule has 0 aromatic carbocycles. The number of halogens is 3. The first-order chi connectivity index (χ1) is 6.73. The molecule has 2 rings (SSSR count). The molecule has 0 radical (unpaired) electrons. The van der Waals surface area contributed by atoms with Crippen LogP contribution in [0.4, 0.5) is 0 Å². The summed E-state index contributed by atoms with van der Waals surface area (Å²) in [4.78, 5) is 0. The Morgan fingerprint density at radius 2 is 1.21 bits per heavy atom. The molecule has 0 atom stereocenters. The first kappa shape index (κ1) is 14.6. The van der Waals surface area contributed by atoms with Crippen LogP contribution in [0.1, 0.15) is 12.8 Å². The van der Waals surface area contributed by atoms with E-state index in [4.69, 9.17) is 27.6 Å². The number of rotatable bonds is 0. The van der Waals surface area contributed by atoms with Crippen molar-refractivity contribution in [3.63, 3.8) is 0 Å². The molecule has 0 aromatic heterocycles. The maximum atomic E-state index is 5.01. The molecule has 78 valence electrons. The zero-order valence-electron chi connectivity index (χ0n) is 7.46. The standard InChI is InChI=1S/2C5H5.3ClH.Ta/c2*1-2-4-5-3-1;;;;/h2*1-3H,4H2;3*1H;/q2*-1;;;;+3/p-3. The van der Waals surface area contributed by atoms with Crippen LogP contribution in [0.15, 0.2) is 36.5 Å². The molecule has 0 fully saturated rings. The molecule has 0 N–H and O–H groups in total. The number of hydrogen-bond donors (Lipinski definition) is 0. The van der Waals surface area contributed by atoms with Gasteiger partial charge in [-0.2, -0.15) is 12.2 Å². The van der Waals surface area contributed by atoms with Crippen LogP contribution in [0.2, 0.25) is 0 Å². The van der Waals surface area contributed by atoms with Gasteiger partial charge in [0.05, 0.1) is 0 Å². The molecule has 0 amide bonds. The molecule has 0 saturated carbocycles. The van der Waals surface area contributed by atoms with Crippen molar-refractivity contribution in [2.45, 2.75) is 12.8 Å². The molecular formula is C10H10Cl3Ta-2. The summed E-state index contributed by atoms with van der Waals surface area (Å²) in [5.41, 5.74) is 0. The summed E-state index contributed by atoms with van der Waals surface area (Å²) in [6.07, 6.45) is 20.0. The van der Waals surface area contributed by atoms with Gasteiger partial charge in [-0.05, 0) is 0 Å². The second-order valence-electron chi connectivity index (χ2n) is 2.20. The molecule has 0 aliphatic heterocycles. The van der Waals surface area contributed by atoms with Gasteiger partial charge in [-0.25, -0.2) is 24.3 Å². The number of allylic oxidation sites excluding steroid dienone is 8. The predicted molar refractivity (Wildman–Crippen MR) is 60.7 cm³/mol. The van der Waals surface area contributed by atoms with Gasteiger partial charge in [0, 0.05) is 0 Å². The van der Waals surface area contributed by atoms with Crippen molar-refractivity contribution in [2.75, 3.05) is 0 Å². The maximum absolute atomic E-state index is 5.01. The first-order valence-corrected chi connectivity index (χ1v) is 15.9. The normalized spacial score (nSPS) is 15.1. The third-order valence-corrected chi connectivity index (χ3v) is 1.17. The fourth-order valence-corrected chi connectivity index (χ4v) is 0.680. The van der Waals surface area contributed by atoms with Crippen LogP contribution < -0.4 is 0 Å². The van der Waals surface area contributed by atoms with Crippen LogP contribution in [0, 0.1) is 12.2 Å². The summed E-state index contributed by atoms with van der Waals surface area (Å²) in [5, 5.41) is 0. The summed E-state index contributed by atoms with van der Waals surface area (Å²) in [7, 11) is 15.0. The number of hydrogen-bond acceptors (Lipinski definition) is 0. The van der Waals surface area contributed by atoms with E-state index in [9.17, 15) is 0 Å². The third kappa shape index (κ3) is 15.1. The van der Waals surface area contributed by atoms with Gasteiger partial charge >= 0.3 is 42.8 Å². The SMILES string of the molecule is [C-]1=CC=CC1.[C-]1=CC=CC1.[Cl][Ta]([Cl])[Cl]. The van der Waals surface area contributed by atoms with E-state index in [2.05, 4.69) is 24.3 Å². The average Bonchev–Trinajstić information content (AvgIpc) is 2.83. The van der Waals surface area contributed by atoms with Crippen molar-refractivity contribution in [1.82, 2.24) is 0 Å². The van der Waals surface area contributed by atoms with Gasteiger partial charge in [0.1, 0.15) is 0 Å². The molecule has 0 aromatic rings. The van der Waals surface area contributed by atoms with Crippen molar-refractivity contribution in [2.24, 2.45) is 0 Å². The van der Waals surface area contributed by atoms with E-state index in [1.54, 1.807) is 0 Å². The Morgan fingerprint density at radius 3 is 1.29 bits per heavy atom. The van der Waals surface area contributed by atoms with E-state index in [0.717, 1.165) is 12.8 Å². The van der Waals surface area contributed by atoms with E-state index in [0.29, 0.717) is 0 Å². The van der Waals surface area contributed by atoms with E-state index >= 15 is 0 Å². The van der Waals surface area contributed by atoms with E-state index in [1.165, 1.54) is 0 Å². The summed E-state index contributed by atoms with van der Waals surface area (Å²) in [5.74, 6) is 0. The average molecular weight is 417 g/mol. The second-order valence-corrected chi connectivity index (χ2v) is 16.1. The minimum atomic E-state index is -2.18. The Bertz CT molecular complexity index is 185. The molecule has 2 aliphatic rings. The van der Waals surface area contributed by atoms with Crippen molar-refractivity contribution >= 4 is 27.6 Å². The monoisotopic (exact) mass is 416 g/mol. The van der Waals surface area contributed by atoms with Crippen molar-refractivity contribution < 1.29 is 15.2 Å². The van der Waals surface area contributed by atoms with Crippen LogP contribution in [0.3, 0.4) is 0 Å². The fraction of sp³-hybridized carbons (Fsp3) is 0.200. The van der Waals surface area contributed by atoms with Crippen molar-refractivity contribution in [1.29, 1.82) is 0 Å². The fourth-order valence-electron chi connectivity index (χ4n) is 0.680. The summed E-state index contributed by atoms with van der Waals surface area (Å²) >= 11 is -2.18. The molecule has 0 spiro atoms. The van der Waals surface area contributed by atoms with Crippen LogP contribution in [-0.2, 0) is 15.2 Å². The second kappa shape index (κ2) is 11.6. The molecule has 4 heteroatoms. The van der Waals surface area contributed by atoms with E-state index in [1.807, 2.05) is 24.3 Å². The Hall–Kier alpha value is 0.570. The Morgan fingerprint density at radius 1 is 0.857 bits per heavy atom. The molecule has 2 aliphatic carbocycles. The molecule has 14 heavy (non-hydrogen) atoms. The minimum absolute atomic E-state index is 1.01. The van der Waals surface area contributed by atoms with Gasteiger partial charge < -0.3 is 0 Å². The molecule has 0 nitrogen and oxygen atoms in total. The molecule has 0 saturated heterocycles. The summed E-state index contributed by atoms with van der Waals surface area (Å²) in [6, 6.07) is 0. The molecule has 0 heterocycles. The summed E-state index contributed by atoms with van der Waals surface area (Å²) < 4.78 is 0. The van der Waals surface area contributed by atoms with Crippen LogP contribution in [0.5, 0.6) is 0 Å². The van der Waals surface area contributed by atoms with Gasteiger partial charge in [0.2, 0.25) is 0 Å². The van der Waals surface area contributed by atoms with Crippen molar-refractivity contribution in [3.8, 4) is 0 Å². The van der Waals surface area contributed by atoms with Crippen LogP contribution >= 0.6 is 27.6 Å². The van der Waals surface area contributed by atoms with Gasteiger partial charge in [-0.1, -0.05) is 0 Å². The van der Waals surface area contributed by atoms with Crippen LogP contribution in [0.25, 0.3) is 0 Å². The van der Waals surface area contributed by atoms with E-state index in [-0.39, 0.29) is 0 Å².